The number of hydrogen-bond donors (Lipinski definition) is 1. The topological polar surface area (TPSA) is 59.0 Å². The van der Waals surface area contributed by atoms with Crippen LogP contribution in [0.5, 0.6) is 11.5 Å². The zero-order chi connectivity index (χ0) is 13.1. The summed E-state index contributed by atoms with van der Waals surface area (Å²) < 4.78 is 10.6. The van der Waals surface area contributed by atoms with E-state index in [2.05, 4.69) is 4.90 Å². The van der Waals surface area contributed by atoms with Crippen LogP contribution in [-0.2, 0) is 11.3 Å². The first-order valence-corrected chi connectivity index (χ1v) is 5.80. The highest BCUT2D eigenvalue weighted by Gasteiger charge is 2.32. The molecule has 0 aliphatic carbocycles. The summed E-state index contributed by atoms with van der Waals surface area (Å²) in [5.41, 5.74) is 1.01. The monoisotopic (exact) mass is 251 g/mol. The van der Waals surface area contributed by atoms with Crippen molar-refractivity contribution in [1.82, 2.24) is 4.90 Å². The van der Waals surface area contributed by atoms with E-state index >= 15 is 0 Å². The molecule has 0 spiro atoms. The lowest BCUT2D eigenvalue weighted by atomic mass is 9.99. The predicted molar refractivity (Wildman–Crippen MR) is 65.9 cm³/mol. The van der Waals surface area contributed by atoms with Crippen LogP contribution >= 0.6 is 0 Å². The van der Waals surface area contributed by atoms with Crippen LogP contribution in [0.15, 0.2) is 18.2 Å². The molecule has 0 saturated carbocycles. The molecule has 0 radical (unpaired) electrons. The zero-order valence-electron chi connectivity index (χ0n) is 10.5. The minimum absolute atomic E-state index is 0.235. The van der Waals surface area contributed by atoms with Gasteiger partial charge < -0.3 is 14.6 Å². The van der Waals surface area contributed by atoms with Crippen molar-refractivity contribution in [2.45, 2.75) is 6.54 Å². The van der Waals surface area contributed by atoms with Gasteiger partial charge in [-0.05, 0) is 6.07 Å². The van der Waals surface area contributed by atoms with E-state index in [9.17, 15) is 4.79 Å². The quantitative estimate of drug-likeness (QED) is 0.852. The molecular weight excluding hydrogens is 234 g/mol. The second-order valence-corrected chi connectivity index (χ2v) is 4.38. The van der Waals surface area contributed by atoms with Gasteiger partial charge >= 0.3 is 5.97 Å². The van der Waals surface area contributed by atoms with E-state index in [0.29, 0.717) is 25.4 Å². The molecule has 98 valence electrons. The Balaban J connectivity index is 2.04. The minimum Gasteiger partial charge on any atom is -0.493 e. The summed E-state index contributed by atoms with van der Waals surface area (Å²) in [5.74, 6) is 0.467. The number of carboxylic acids is 1. The second kappa shape index (κ2) is 5.27. The zero-order valence-corrected chi connectivity index (χ0v) is 10.5. The number of carbonyl (C=O) groups is 1. The smallest absolute Gasteiger partial charge is 0.309 e. The van der Waals surface area contributed by atoms with E-state index in [4.69, 9.17) is 14.6 Å². The molecule has 0 amide bonds. The Morgan fingerprint density at radius 1 is 1.39 bits per heavy atom. The van der Waals surface area contributed by atoms with E-state index in [1.54, 1.807) is 14.2 Å². The first kappa shape index (κ1) is 12.7. The number of nitrogens with zero attached hydrogens (tertiary/aromatic N) is 1. The van der Waals surface area contributed by atoms with Crippen molar-refractivity contribution in [2.24, 2.45) is 5.92 Å². The van der Waals surface area contributed by atoms with Gasteiger partial charge in [0.15, 0.2) is 11.5 Å². The second-order valence-electron chi connectivity index (χ2n) is 4.38. The SMILES string of the molecule is COc1cccc(CN2CC(C(=O)O)C2)c1OC. The number of hydrogen-bond acceptors (Lipinski definition) is 4. The number of benzene rings is 1. The minimum atomic E-state index is -0.719. The van der Waals surface area contributed by atoms with E-state index < -0.39 is 5.97 Å². The number of rotatable bonds is 5. The molecule has 5 nitrogen and oxygen atoms in total. The Morgan fingerprint density at radius 2 is 2.11 bits per heavy atom. The highest BCUT2D eigenvalue weighted by molar-refractivity contribution is 5.71. The molecule has 5 heteroatoms. The highest BCUT2D eigenvalue weighted by Crippen LogP contribution is 2.32. The van der Waals surface area contributed by atoms with E-state index in [-0.39, 0.29) is 5.92 Å². The van der Waals surface area contributed by atoms with Crippen LogP contribution in [0.3, 0.4) is 0 Å². The summed E-state index contributed by atoms with van der Waals surface area (Å²) in [6.07, 6.45) is 0. The molecule has 2 rings (SSSR count). The van der Waals surface area contributed by atoms with Crippen LogP contribution in [0.2, 0.25) is 0 Å². The van der Waals surface area contributed by atoms with Crippen molar-refractivity contribution in [2.75, 3.05) is 27.3 Å². The van der Waals surface area contributed by atoms with Gasteiger partial charge in [-0.25, -0.2) is 0 Å². The van der Waals surface area contributed by atoms with Crippen LogP contribution < -0.4 is 9.47 Å². The molecule has 1 aromatic carbocycles. The van der Waals surface area contributed by atoms with Gasteiger partial charge in [0.05, 0.1) is 20.1 Å². The largest absolute Gasteiger partial charge is 0.493 e. The van der Waals surface area contributed by atoms with Crippen molar-refractivity contribution in [3.63, 3.8) is 0 Å². The number of aliphatic carboxylic acids is 1. The molecule has 0 aromatic heterocycles. The van der Waals surface area contributed by atoms with Crippen LogP contribution in [0, 0.1) is 5.92 Å². The number of likely N-dealkylation sites (tertiary alicyclic amines) is 1. The Kier molecular flexibility index (Phi) is 3.72. The maximum absolute atomic E-state index is 10.7. The predicted octanol–water partition coefficient (Wildman–Crippen LogP) is 1.22. The third-order valence-corrected chi connectivity index (χ3v) is 3.18. The standard InChI is InChI=1S/C13H17NO4/c1-17-11-5-3-4-9(12(11)18-2)6-14-7-10(8-14)13(15)16/h3-5,10H,6-8H2,1-2H3,(H,15,16). The lowest BCUT2D eigenvalue weighted by Crippen LogP contribution is -2.49. The number of ether oxygens (including phenoxy) is 2. The van der Waals surface area contributed by atoms with Crippen molar-refractivity contribution in [3.05, 3.63) is 23.8 Å². The Morgan fingerprint density at radius 3 is 2.67 bits per heavy atom. The average Bonchev–Trinajstić information content (AvgIpc) is 2.31. The third kappa shape index (κ3) is 2.41. The lowest BCUT2D eigenvalue weighted by Gasteiger charge is -2.36. The first-order valence-electron chi connectivity index (χ1n) is 5.80. The lowest BCUT2D eigenvalue weighted by molar-refractivity contribution is -0.147. The van der Waals surface area contributed by atoms with Gasteiger partial charge in [0, 0.05) is 25.2 Å². The normalized spacial score (nSPS) is 16.1. The fourth-order valence-corrected chi connectivity index (χ4v) is 2.17. The van der Waals surface area contributed by atoms with Gasteiger partial charge in [0.1, 0.15) is 0 Å². The van der Waals surface area contributed by atoms with Crippen LogP contribution in [-0.4, -0.2) is 43.3 Å². The maximum Gasteiger partial charge on any atom is 0.309 e. The summed E-state index contributed by atoms with van der Waals surface area (Å²) in [4.78, 5) is 12.8. The highest BCUT2D eigenvalue weighted by atomic mass is 16.5. The van der Waals surface area contributed by atoms with Crippen molar-refractivity contribution < 1.29 is 19.4 Å². The van der Waals surface area contributed by atoms with E-state index in [1.165, 1.54) is 0 Å². The van der Waals surface area contributed by atoms with E-state index in [1.807, 2.05) is 18.2 Å². The van der Waals surface area contributed by atoms with Crippen LogP contribution in [0.1, 0.15) is 5.56 Å². The van der Waals surface area contributed by atoms with Crippen molar-refractivity contribution in [3.8, 4) is 11.5 Å². The molecule has 1 aliphatic heterocycles. The molecule has 1 saturated heterocycles. The first-order chi connectivity index (χ1) is 8.65. The number of carboxylic acid groups (broad SMARTS) is 1. The molecule has 0 atom stereocenters. The summed E-state index contributed by atoms with van der Waals surface area (Å²) in [6, 6.07) is 5.72. The van der Waals surface area contributed by atoms with Crippen molar-refractivity contribution >= 4 is 5.97 Å². The van der Waals surface area contributed by atoms with Gasteiger partial charge in [0.2, 0.25) is 0 Å². The molecule has 1 aromatic rings. The van der Waals surface area contributed by atoms with Gasteiger partial charge in [-0.3, -0.25) is 9.69 Å². The molecular formula is C13H17NO4. The molecule has 1 fully saturated rings. The van der Waals surface area contributed by atoms with Gasteiger partial charge in [-0.1, -0.05) is 12.1 Å². The number of methoxy groups -OCH3 is 2. The van der Waals surface area contributed by atoms with Crippen LogP contribution in [0.4, 0.5) is 0 Å². The fraction of sp³-hybridized carbons (Fsp3) is 0.462. The Bertz CT molecular complexity index is 441. The molecule has 1 aliphatic rings. The van der Waals surface area contributed by atoms with Crippen LogP contribution in [0.25, 0.3) is 0 Å². The summed E-state index contributed by atoms with van der Waals surface area (Å²) in [6.45, 7) is 1.87. The Hall–Kier alpha value is -1.75. The third-order valence-electron chi connectivity index (χ3n) is 3.18. The molecule has 18 heavy (non-hydrogen) atoms. The molecule has 0 bridgehead atoms. The molecule has 0 unspecified atom stereocenters. The summed E-state index contributed by atoms with van der Waals surface area (Å²) in [7, 11) is 3.21. The van der Waals surface area contributed by atoms with Gasteiger partial charge in [-0.15, -0.1) is 0 Å². The van der Waals surface area contributed by atoms with E-state index in [0.717, 1.165) is 11.3 Å². The summed E-state index contributed by atoms with van der Waals surface area (Å²) in [5, 5.41) is 8.83. The average molecular weight is 251 g/mol. The molecule has 1 N–H and O–H groups in total. The Labute approximate surface area is 106 Å². The summed E-state index contributed by atoms with van der Waals surface area (Å²) >= 11 is 0. The van der Waals surface area contributed by atoms with Gasteiger partial charge in [0.25, 0.3) is 0 Å². The maximum atomic E-state index is 10.7. The fourth-order valence-electron chi connectivity index (χ4n) is 2.17. The number of para-hydroxylation sites is 1. The molecule has 1 heterocycles. The van der Waals surface area contributed by atoms with Crippen molar-refractivity contribution in [1.29, 1.82) is 0 Å². The van der Waals surface area contributed by atoms with Gasteiger partial charge in [-0.2, -0.15) is 0 Å².